The Morgan fingerprint density at radius 3 is 2.09 bits per heavy atom. The normalized spacial score (nSPS) is 10.9. The summed E-state index contributed by atoms with van der Waals surface area (Å²) in [5.41, 5.74) is 6.81. The van der Waals surface area contributed by atoms with E-state index in [9.17, 15) is 9.59 Å². The first-order valence-electron chi connectivity index (χ1n) is 7.70. The van der Waals surface area contributed by atoms with Gasteiger partial charge in [0.25, 0.3) is 5.91 Å². The van der Waals surface area contributed by atoms with Crippen molar-refractivity contribution in [2.75, 3.05) is 0 Å². The summed E-state index contributed by atoms with van der Waals surface area (Å²) in [5, 5.41) is 0. The zero-order valence-corrected chi connectivity index (χ0v) is 13.7. The predicted octanol–water partition coefficient (Wildman–Crippen LogP) is 2.99. The lowest BCUT2D eigenvalue weighted by atomic mass is 9.84. The molecule has 2 rings (SSSR count). The van der Waals surface area contributed by atoms with Gasteiger partial charge in [-0.2, -0.15) is 0 Å². The van der Waals surface area contributed by atoms with Gasteiger partial charge in [0, 0.05) is 5.56 Å². The van der Waals surface area contributed by atoms with Crippen molar-refractivity contribution in [1.29, 1.82) is 0 Å². The Morgan fingerprint density at radius 1 is 0.913 bits per heavy atom. The zero-order valence-electron chi connectivity index (χ0n) is 13.7. The third-order valence-electron chi connectivity index (χ3n) is 3.98. The number of nitrogens with one attached hydrogen (secondary N) is 2. The Balaban J connectivity index is 1.99. The average molecular weight is 310 g/mol. The van der Waals surface area contributed by atoms with Crippen LogP contribution in [0.25, 0.3) is 0 Å². The van der Waals surface area contributed by atoms with Crippen molar-refractivity contribution in [3.63, 3.8) is 0 Å². The lowest BCUT2D eigenvalue weighted by molar-refractivity contribution is -0.126. The van der Waals surface area contributed by atoms with Crippen LogP contribution in [0.1, 0.15) is 42.3 Å². The van der Waals surface area contributed by atoms with Crippen LogP contribution in [0.15, 0.2) is 54.6 Å². The highest BCUT2D eigenvalue weighted by Gasteiger charge is 2.29. The number of amides is 2. The molecule has 120 valence electrons. The van der Waals surface area contributed by atoms with Crippen molar-refractivity contribution in [2.45, 2.75) is 32.6 Å². The van der Waals surface area contributed by atoms with Gasteiger partial charge in [-0.05, 0) is 43.5 Å². The third-order valence-corrected chi connectivity index (χ3v) is 3.98. The summed E-state index contributed by atoms with van der Waals surface area (Å²) in [6.07, 6.45) is 0.921. The van der Waals surface area contributed by atoms with Gasteiger partial charge in [-0.3, -0.25) is 20.4 Å². The predicted molar refractivity (Wildman–Crippen MR) is 90.9 cm³/mol. The van der Waals surface area contributed by atoms with Crippen LogP contribution in [-0.2, 0) is 16.6 Å². The second kappa shape index (κ2) is 7.09. The molecule has 2 aromatic carbocycles. The molecule has 0 saturated heterocycles. The summed E-state index contributed by atoms with van der Waals surface area (Å²) in [4.78, 5) is 24.5. The van der Waals surface area contributed by atoms with Crippen molar-refractivity contribution >= 4 is 11.8 Å². The Kier molecular flexibility index (Phi) is 5.16. The fraction of sp³-hybridized carbons (Fsp3) is 0.263. The van der Waals surface area contributed by atoms with Crippen LogP contribution in [0.5, 0.6) is 0 Å². The number of aryl methyl sites for hydroxylation is 1. The maximum atomic E-state index is 12.4. The second-order valence-corrected chi connectivity index (χ2v) is 5.95. The number of benzene rings is 2. The van der Waals surface area contributed by atoms with E-state index in [4.69, 9.17) is 0 Å². The van der Waals surface area contributed by atoms with Crippen LogP contribution < -0.4 is 10.9 Å². The van der Waals surface area contributed by atoms with Crippen molar-refractivity contribution in [1.82, 2.24) is 10.9 Å². The first kappa shape index (κ1) is 16.7. The van der Waals surface area contributed by atoms with Crippen LogP contribution in [-0.4, -0.2) is 11.8 Å². The van der Waals surface area contributed by atoms with Gasteiger partial charge < -0.3 is 0 Å². The van der Waals surface area contributed by atoms with E-state index in [1.807, 2.05) is 56.3 Å². The average Bonchev–Trinajstić information content (AvgIpc) is 2.60. The minimum atomic E-state index is -0.736. The minimum Gasteiger partial charge on any atom is -0.272 e. The largest absolute Gasteiger partial charge is 0.272 e. The SMILES string of the molecule is CCc1ccc(C(=O)NNC(=O)C(C)(C)c2ccccc2)cc1. The summed E-state index contributed by atoms with van der Waals surface area (Å²) in [5.74, 6) is -0.591. The van der Waals surface area contributed by atoms with Gasteiger partial charge in [-0.15, -0.1) is 0 Å². The van der Waals surface area contributed by atoms with E-state index in [0.717, 1.165) is 17.5 Å². The molecule has 0 unspecified atom stereocenters. The Labute approximate surface area is 136 Å². The first-order chi connectivity index (χ1) is 10.9. The monoisotopic (exact) mass is 310 g/mol. The first-order valence-corrected chi connectivity index (χ1v) is 7.70. The fourth-order valence-corrected chi connectivity index (χ4v) is 2.22. The molecule has 0 saturated carbocycles. The molecule has 0 heterocycles. The van der Waals surface area contributed by atoms with Crippen LogP contribution in [0.4, 0.5) is 0 Å². The minimum absolute atomic E-state index is 0.262. The number of hydrogen-bond donors (Lipinski definition) is 2. The van der Waals surface area contributed by atoms with Crippen molar-refractivity contribution in [2.24, 2.45) is 0 Å². The number of rotatable bonds is 4. The van der Waals surface area contributed by atoms with Crippen molar-refractivity contribution < 1.29 is 9.59 Å². The zero-order chi connectivity index (χ0) is 16.9. The van der Waals surface area contributed by atoms with Crippen LogP contribution >= 0.6 is 0 Å². The molecule has 2 N–H and O–H groups in total. The van der Waals surface area contributed by atoms with Gasteiger partial charge in [0.1, 0.15) is 0 Å². The molecule has 0 radical (unpaired) electrons. The number of hydrogen-bond acceptors (Lipinski definition) is 2. The van der Waals surface area contributed by atoms with Gasteiger partial charge in [0.05, 0.1) is 5.41 Å². The summed E-state index contributed by atoms with van der Waals surface area (Å²) < 4.78 is 0. The maximum Gasteiger partial charge on any atom is 0.269 e. The van der Waals surface area contributed by atoms with E-state index in [1.54, 1.807) is 12.1 Å². The number of hydrazine groups is 1. The molecule has 4 nitrogen and oxygen atoms in total. The summed E-state index contributed by atoms with van der Waals surface area (Å²) in [6.45, 7) is 5.70. The summed E-state index contributed by atoms with van der Waals surface area (Å²) >= 11 is 0. The lowest BCUT2D eigenvalue weighted by Gasteiger charge is -2.24. The van der Waals surface area contributed by atoms with Crippen LogP contribution in [0.2, 0.25) is 0 Å². The van der Waals surface area contributed by atoms with Crippen molar-refractivity contribution in [3.05, 3.63) is 71.3 Å². The highest BCUT2D eigenvalue weighted by atomic mass is 16.2. The van der Waals surface area contributed by atoms with Crippen LogP contribution in [0, 0.1) is 0 Å². The molecule has 23 heavy (non-hydrogen) atoms. The molecule has 0 aromatic heterocycles. The number of carbonyl (C=O) groups excluding carboxylic acids is 2. The highest BCUT2D eigenvalue weighted by molar-refractivity contribution is 5.96. The molecule has 0 aliphatic rings. The Morgan fingerprint density at radius 2 is 1.52 bits per heavy atom. The molecule has 2 amide bonds. The molecule has 0 aliphatic heterocycles. The quantitative estimate of drug-likeness (QED) is 0.853. The molecule has 0 fully saturated rings. The van der Waals surface area contributed by atoms with Gasteiger partial charge in [0.2, 0.25) is 5.91 Å². The standard InChI is InChI=1S/C19H22N2O2/c1-4-14-10-12-15(13-11-14)17(22)20-21-18(23)19(2,3)16-8-6-5-7-9-16/h5-13H,4H2,1-3H3,(H,20,22)(H,21,23). The molecular weight excluding hydrogens is 288 g/mol. The van der Waals surface area contributed by atoms with Gasteiger partial charge in [-0.25, -0.2) is 0 Å². The lowest BCUT2D eigenvalue weighted by Crippen LogP contribution is -2.49. The Bertz CT molecular complexity index is 676. The van der Waals surface area contributed by atoms with Gasteiger partial charge in [0.15, 0.2) is 0 Å². The van der Waals surface area contributed by atoms with Gasteiger partial charge >= 0.3 is 0 Å². The van der Waals surface area contributed by atoms with Gasteiger partial charge in [-0.1, -0.05) is 49.4 Å². The molecule has 0 bridgehead atoms. The molecule has 0 aliphatic carbocycles. The smallest absolute Gasteiger partial charge is 0.269 e. The molecule has 4 heteroatoms. The maximum absolute atomic E-state index is 12.4. The number of carbonyl (C=O) groups is 2. The highest BCUT2D eigenvalue weighted by Crippen LogP contribution is 2.22. The topological polar surface area (TPSA) is 58.2 Å². The molecular formula is C19H22N2O2. The third kappa shape index (κ3) is 3.97. The fourth-order valence-electron chi connectivity index (χ4n) is 2.22. The van der Waals surface area contributed by atoms with E-state index < -0.39 is 5.41 Å². The van der Waals surface area contributed by atoms with E-state index in [0.29, 0.717) is 5.56 Å². The van der Waals surface area contributed by atoms with Crippen molar-refractivity contribution in [3.8, 4) is 0 Å². The molecule has 0 atom stereocenters. The Hall–Kier alpha value is -2.62. The van der Waals surface area contributed by atoms with E-state index in [-0.39, 0.29) is 11.8 Å². The summed E-state index contributed by atoms with van der Waals surface area (Å²) in [6, 6.07) is 16.8. The van der Waals surface area contributed by atoms with E-state index in [2.05, 4.69) is 17.8 Å². The second-order valence-electron chi connectivity index (χ2n) is 5.95. The summed E-state index contributed by atoms with van der Waals surface area (Å²) in [7, 11) is 0. The molecule has 0 spiro atoms. The van der Waals surface area contributed by atoms with E-state index in [1.165, 1.54) is 0 Å². The molecule has 2 aromatic rings. The van der Waals surface area contributed by atoms with E-state index >= 15 is 0 Å². The van der Waals surface area contributed by atoms with Crippen LogP contribution in [0.3, 0.4) is 0 Å².